The van der Waals surface area contributed by atoms with Gasteiger partial charge in [0, 0.05) is 19.3 Å². The molecule has 88 valence electrons. The lowest BCUT2D eigenvalue weighted by molar-refractivity contribution is 0.0852. The second-order valence-electron chi connectivity index (χ2n) is 4.74. The first-order chi connectivity index (χ1) is 7.68. The van der Waals surface area contributed by atoms with E-state index in [1.165, 1.54) is 19.3 Å². The summed E-state index contributed by atoms with van der Waals surface area (Å²) in [6.45, 7) is 3.85. The van der Waals surface area contributed by atoms with Crippen molar-refractivity contribution >= 4 is 5.78 Å². The molecule has 1 unspecified atom stereocenters. The van der Waals surface area contributed by atoms with Crippen LogP contribution in [0.3, 0.4) is 0 Å². The third-order valence-corrected chi connectivity index (χ3v) is 3.52. The minimum Gasteiger partial charge on any atom is -0.348 e. The molecule has 0 N–H and O–H groups in total. The SMILES string of the molecule is CC1CCCCN1CC(=O)c1cccn1C. The van der Waals surface area contributed by atoms with E-state index >= 15 is 0 Å². The minimum absolute atomic E-state index is 0.237. The summed E-state index contributed by atoms with van der Waals surface area (Å²) in [4.78, 5) is 14.4. The highest BCUT2D eigenvalue weighted by atomic mass is 16.1. The van der Waals surface area contributed by atoms with Gasteiger partial charge < -0.3 is 4.57 Å². The van der Waals surface area contributed by atoms with Crippen LogP contribution < -0.4 is 0 Å². The van der Waals surface area contributed by atoms with Gasteiger partial charge in [-0.3, -0.25) is 9.69 Å². The Morgan fingerprint density at radius 1 is 1.50 bits per heavy atom. The monoisotopic (exact) mass is 220 g/mol. The van der Waals surface area contributed by atoms with Gasteiger partial charge in [0.15, 0.2) is 5.78 Å². The van der Waals surface area contributed by atoms with Crippen LogP contribution in [0.2, 0.25) is 0 Å². The van der Waals surface area contributed by atoms with Gasteiger partial charge in [0.05, 0.1) is 12.2 Å². The largest absolute Gasteiger partial charge is 0.348 e. The molecule has 0 amide bonds. The van der Waals surface area contributed by atoms with Gasteiger partial charge in [0.2, 0.25) is 0 Å². The number of carbonyl (C=O) groups excluding carboxylic acids is 1. The molecule has 2 heterocycles. The van der Waals surface area contributed by atoms with Crippen molar-refractivity contribution in [2.24, 2.45) is 7.05 Å². The molecule has 1 fully saturated rings. The number of ketones is 1. The summed E-state index contributed by atoms with van der Waals surface area (Å²) < 4.78 is 1.90. The summed E-state index contributed by atoms with van der Waals surface area (Å²) in [6, 6.07) is 4.38. The number of aryl methyl sites for hydroxylation is 1. The molecular formula is C13H20N2O. The topological polar surface area (TPSA) is 25.2 Å². The summed E-state index contributed by atoms with van der Waals surface area (Å²) in [7, 11) is 1.92. The maximum Gasteiger partial charge on any atom is 0.193 e. The zero-order valence-corrected chi connectivity index (χ0v) is 10.1. The summed E-state index contributed by atoms with van der Waals surface area (Å²) >= 11 is 0. The zero-order valence-electron chi connectivity index (χ0n) is 10.1. The Labute approximate surface area is 97.1 Å². The van der Waals surface area contributed by atoms with Crippen molar-refractivity contribution < 1.29 is 4.79 Å². The molecule has 3 nitrogen and oxygen atoms in total. The summed E-state index contributed by atoms with van der Waals surface area (Å²) in [5.74, 6) is 0.237. The molecule has 1 aliphatic rings. The molecule has 1 atom stereocenters. The van der Waals surface area contributed by atoms with Crippen LogP contribution in [-0.2, 0) is 7.05 Å². The van der Waals surface area contributed by atoms with Gasteiger partial charge in [0.25, 0.3) is 0 Å². The summed E-state index contributed by atoms with van der Waals surface area (Å²) in [5.41, 5.74) is 0.817. The number of Topliss-reactive ketones (excluding diaryl/α,β-unsaturated/α-hetero) is 1. The lowest BCUT2D eigenvalue weighted by Crippen LogP contribution is -2.41. The lowest BCUT2D eigenvalue weighted by Gasteiger charge is -2.32. The average molecular weight is 220 g/mol. The molecule has 1 aromatic heterocycles. The van der Waals surface area contributed by atoms with Gasteiger partial charge in [-0.15, -0.1) is 0 Å². The lowest BCUT2D eigenvalue weighted by atomic mass is 10.0. The van der Waals surface area contributed by atoms with Crippen LogP contribution in [0, 0.1) is 0 Å². The van der Waals surface area contributed by atoms with Gasteiger partial charge in [-0.2, -0.15) is 0 Å². The predicted molar refractivity (Wildman–Crippen MR) is 64.6 cm³/mol. The minimum atomic E-state index is 0.237. The standard InChI is InChI=1S/C13H20N2O/c1-11-6-3-4-9-15(11)10-13(16)12-7-5-8-14(12)2/h5,7-8,11H,3-4,6,9-10H2,1-2H3. The van der Waals surface area contributed by atoms with Crippen molar-refractivity contribution in [3.05, 3.63) is 24.0 Å². The average Bonchev–Trinajstić information content (AvgIpc) is 2.68. The first-order valence-electron chi connectivity index (χ1n) is 6.07. The van der Waals surface area contributed by atoms with Crippen LogP contribution in [0.5, 0.6) is 0 Å². The van der Waals surface area contributed by atoms with Crippen LogP contribution in [0.4, 0.5) is 0 Å². The van der Waals surface area contributed by atoms with Crippen LogP contribution in [-0.4, -0.2) is 34.4 Å². The number of carbonyl (C=O) groups is 1. The van der Waals surface area contributed by atoms with Gasteiger partial charge in [-0.25, -0.2) is 0 Å². The van der Waals surface area contributed by atoms with Crippen LogP contribution in [0.1, 0.15) is 36.7 Å². The molecule has 1 aliphatic heterocycles. The van der Waals surface area contributed by atoms with Crippen molar-refractivity contribution in [1.29, 1.82) is 0 Å². The Bertz CT molecular complexity index is 370. The molecule has 1 saturated heterocycles. The number of likely N-dealkylation sites (tertiary alicyclic amines) is 1. The van der Waals surface area contributed by atoms with E-state index in [4.69, 9.17) is 0 Å². The highest BCUT2D eigenvalue weighted by molar-refractivity contribution is 5.96. The van der Waals surface area contributed by atoms with E-state index in [1.807, 2.05) is 29.9 Å². The summed E-state index contributed by atoms with van der Waals surface area (Å²) in [6.07, 6.45) is 5.67. The van der Waals surface area contributed by atoms with E-state index in [-0.39, 0.29) is 5.78 Å². The molecule has 16 heavy (non-hydrogen) atoms. The number of hydrogen-bond acceptors (Lipinski definition) is 2. The molecule has 0 aliphatic carbocycles. The van der Waals surface area contributed by atoms with Gasteiger partial charge in [-0.1, -0.05) is 6.42 Å². The number of aromatic nitrogens is 1. The molecule has 0 aromatic carbocycles. The van der Waals surface area contributed by atoms with E-state index in [1.54, 1.807) is 0 Å². The van der Waals surface area contributed by atoms with Crippen LogP contribution >= 0.6 is 0 Å². The van der Waals surface area contributed by atoms with Gasteiger partial charge in [0.1, 0.15) is 0 Å². The molecule has 0 spiro atoms. The normalized spacial score (nSPS) is 22.2. The van der Waals surface area contributed by atoms with E-state index in [9.17, 15) is 4.79 Å². The maximum absolute atomic E-state index is 12.1. The van der Waals surface area contributed by atoms with E-state index < -0.39 is 0 Å². The number of hydrogen-bond donors (Lipinski definition) is 0. The second kappa shape index (κ2) is 4.83. The Morgan fingerprint density at radius 2 is 2.31 bits per heavy atom. The Balaban J connectivity index is 1.99. The zero-order chi connectivity index (χ0) is 11.5. The molecular weight excluding hydrogens is 200 g/mol. The Hall–Kier alpha value is -1.09. The molecule has 3 heteroatoms. The van der Waals surface area contributed by atoms with Crippen molar-refractivity contribution in [1.82, 2.24) is 9.47 Å². The smallest absolute Gasteiger partial charge is 0.193 e. The third kappa shape index (κ3) is 2.35. The van der Waals surface area contributed by atoms with E-state index in [0.717, 1.165) is 12.2 Å². The Kier molecular flexibility index (Phi) is 3.44. The third-order valence-electron chi connectivity index (χ3n) is 3.52. The van der Waals surface area contributed by atoms with Gasteiger partial charge in [-0.05, 0) is 38.4 Å². The predicted octanol–water partition coefficient (Wildman–Crippen LogP) is 2.08. The van der Waals surface area contributed by atoms with Crippen molar-refractivity contribution in [3.8, 4) is 0 Å². The molecule has 0 radical (unpaired) electrons. The molecule has 1 aromatic rings. The van der Waals surface area contributed by atoms with Crippen molar-refractivity contribution in [2.75, 3.05) is 13.1 Å². The summed E-state index contributed by atoms with van der Waals surface area (Å²) in [5, 5.41) is 0. The number of rotatable bonds is 3. The Morgan fingerprint density at radius 3 is 2.94 bits per heavy atom. The number of piperidine rings is 1. The van der Waals surface area contributed by atoms with Crippen molar-refractivity contribution in [2.45, 2.75) is 32.2 Å². The number of nitrogens with zero attached hydrogens (tertiary/aromatic N) is 2. The molecule has 0 bridgehead atoms. The molecule has 2 rings (SSSR count). The van der Waals surface area contributed by atoms with E-state index in [2.05, 4.69) is 11.8 Å². The first kappa shape index (κ1) is 11.4. The van der Waals surface area contributed by atoms with Crippen LogP contribution in [0.25, 0.3) is 0 Å². The highest BCUT2D eigenvalue weighted by Crippen LogP contribution is 2.16. The fourth-order valence-corrected chi connectivity index (χ4v) is 2.41. The molecule has 0 saturated carbocycles. The maximum atomic E-state index is 12.1. The van der Waals surface area contributed by atoms with Crippen molar-refractivity contribution in [3.63, 3.8) is 0 Å². The highest BCUT2D eigenvalue weighted by Gasteiger charge is 2.21. The quantitative estimate of drug-likeness (QED) is 0.729. The second-order valence-corrected chi connectivity index (χ2v) is 4.74. The fourth-order valence-electron chi connectivity index (χ4n) is 2.41. The fraction of sp³-hybridized carbons (Fsp3) is 0.615. The van der Waals surface area contributed by atoms with E-state index in [0.29, 0.717) is 12.6 Å². The van der Waals surface area contributed by atoms with Gasteiger partial charge >= 0.3 is 0 Å². The first-order valence-corrected chi connectivity index (χ1v) is 6.07. The van der Waals surface area contributed by atoms with Crippen LogP contribution in [0.15, 0.2) is 18.3 Å².